The zero-order valence-electron chi connectivity index (χ0n) is 10.9. The Labute approximate surface area is 110 Å². The summed E-state index contributed by atoms with van der Waals surface area (Å²) in [6, 6.07) is 4.92. The van der Waals surface area contributed by atoms with E-state index < -0.39 is 11.9 Å². The standard InChI is InChI=1S/C13H15NO5/c1-8(15)14-10(13(16)17)6-9-4-5-11(18-2)12(7-9)19-3/h4-7H,1-3H3,(H,14,15)(H,16,17)/b10-6+. The van der Waals surface area contributed by atoms with Gasteiger partial charge < -0.3 is 19.9 Å². The number of amides is 1. The van der Waals surface area contributed by atoms with E-state index in [1.807, 2.05) is 0 Å². The van der Waals surface area contributed by atoms with Crippen LogP contribution in [-0.2, 0) is 9.59 Å². The van der Waals surface area contributed by atoms with Crippen molar-refractivity contribution in [2.75, 3.05) is 14.2 Å². The Balaban J connectivity index is 3.14. The SMILES string of the molecule is COc1ccc(/C=C(/NC(C)=O)C(=O)O)cc1OC. The fraction of sp³-hybridized carbons (Fsp3) is 0.231. The van der Waals surface area contributed by atoms with E-state index in [2.05, 4.69) is 5.32 Å². The van der Waals surface area contributed by atoms with Gasteiger partial charge in [0.05, 0.1) is 14.2 Å². The van der Waals surface area contributed by atoms with Gasteiger partial charge in [0, 0.05) is 6.92 Å². The molecular formula is C13H15NO5. The van der Waals surface area contributed by atoms with Crippen LogP contribution in [0.3, 0.4) is 0 Å². The molecule has 0 atom stereocenters. The van der Waals surface area contributed by atoms with Gasteiger partial charge >= 0.3 is 5.97 Å². The third kappa shape index (κ3) is 4.02. The molecule has 2 N–H and O–H groups in total. The highest BCUT2D eigenvalue weighted by Gasteiger charge is 2.10. The van der Waals surface area contributed by atoms with Crippen molar-refractivity contribution in [2.24, 2.45) is 0 Å². The fourth-order valence-electron chi connectivity index (χ4n) is 1.45. The van der Waals surface area contributed by atoms with Gasteiger partial charge in [0.25, 0.3) is 0 Å². The van der Waals surface area contributed by atoms with E-state index in [9.17, 15) is 9.59 Å². The van der Waals surface area contributed by atoms with Crippen LogP contribution in [0.5, 0.6) is 11.5 Å². The summed E-state index contributed by atoms with van der Waals surface area (Å²) in [5.74, 6) is -0.654. The smallest absolute Gasteiger partial charge is 0.352 e. The molecular weight excluding hydrogens is 250 g/mol. The molecule has 0 aliphatic heterocycles. The molecule has 0 aromatic heterocycles. The summed E-state index contributed by atoms with van der Waals surface area (Å²) in [5.41, 5.74) is 0.364. The minimum absolute atomic E-state index is 0.209. The Kier molecular flexibility index (Phi) is 4.93. The Morgan fingerprint density at radius 1 is 1.21 bits per heavy atom. The molecule has 0 spiro atoms. The van der Waals surface area contributed by atoms with Crippen molar-refractivity contribution in [3.63, 3.8) is 0 Å². The summed E-state index contributed by atoms with van der Waals surface area (Å²) in [5, 5.41) is 11.2. The monoisotopic (exact) mass is 265 g/mol. The summed E-state index contributed by atoms with van der Waals surface area (Å²) < 4.78 is 10.2. The van der Waals surface area contributed by atoms with Crippen LogP contribution in [0.2, 0.25) is 0 Å². The number of carbonyl (C=O) groups is 2. The lowest BCUT2D eigenvalue weighted by Crippen LogP contribution is -2.24. The van der Waals surface area contributed by atoms with Gasteiger partial charge in [-0.05, 0) is 23.8 Å². The maximum Gasteiger partial charge on any atom is 0.352 e. The molecule has 0 aliphatic carbocycles. The Hall–Kier alpha value is -2.50. The molecule has 6 heteroatoms. The second kappa shape index (κ2) is 6.44. The van der Waals surface area contributed by atoms with Crippen molar-refractivity contribution in [1.82, 2.24) is 5.32 Å². The van der Waals surface area contributed by atoms with Crippen LogP contribution in [0.4, 0.5) is 0 Å². The molecule has 0 fully saturated rings. The van der Waals surface area contributed by atoms with Crippen LogP contribution in [0, 0.1) is 0 Å². The summed E-state index contributed by atoms with van der Waals surface area (Å²) in [4.78, 5) is 21.9. The third-order valence-corrected chi connectivity index (χ3v) is 2.26. The molecule has 0 unspecified atom stereocenters. The first-order valence-corrected chi connectivity index (χ1v) is 5.42. The number of carbonyl (C=O) groups excluding carboxylic acids is 1. The van der Waals surface area contributed by atoms with Crippen LogP contribution in [0.1, 0.15) is 12.5 Å². The van der Waals surface area contributed by atoms with Crippen LogP contribution in [0.25, 0.3) is 6.08 Å². The molecule has 0 radical (unpaired) electrons. The average molecular weight is 265 g/mol. The van der Waals surface area contributed by atoms with E-state index in [-0.39, 0.29) is 5.70 Å². The average Bonchev–Trinajstić information content (AvgIpc) is 2.37. The molecule has 19 heavy (non-hydrogen) atoms. The zero-order chi connectivity index (χ0) is 14.4. The molecule has 0 aliphatic rings. The molecule has 1 aromatic carbocycles. The van der Waals surface area contributed by atoms with E-state index in [4.69, 9.17) is 14.6 Å². The van der Waals surface area contributed by atoms with Gasteiger partial charge in [0.1, 0.15) is 5.70 Å². The Bertz CT molecular complexity index is 522. The predicted molar refractivity (Wildman–Crippen MR) is 69.0 cm³/mol. The van der Waals surface area contributed by atoms with Gasteiger partial charge in [0.2, 0.25) is 5.91 Å². The highest BCUT2D eigenvalue weighted by molar-refractivity contribution is 5.96. The molecule has 0 saturated carbocycles. The lowest BCUT2D eigenvalue weighted by molar-refractivity contribution is -0.134. The summed E-state index contributed by atoms with van der Waals surface area (Å²) in [6.45, 7) is 1.24. The zero-order valence-corrected chi connectivity index (χ0v) is 10.9. The first-order valence-electron chi connectivity index (χ1n) is 5.42. The van der Waals surface area contributed by atoms with Gasteiger partial charge in [0.15, 0.2) is 11.5 Å². The molecule has 6 nitrogen and oxygen atoms in total. The molecule has 1 rings (SSSR count). The second-order valence-electron chi connectivity index (χ2n) is 3.66. The van der Waals surface area contributed by atoms with Gasteiger partial charge in [-0.3, -0.25) is 4.79 Å². The molecule has 0 heterocycles. The minimum Gasteiger partial charge on any atom is -0.493 e. The van der Waals surface area contributed by atoms with Gasteiger partial charge in [-0.2, -0.15) is 0 Å². The van der Waals surface area contributed by atoms with Crippen molar-refractivity contribution < 1.29 is 24.2 Å². The fourth-order valence-corrected chi connectivity index (χ4v) is 1.45. The van der Waals surface area contributed by atoms with E-state index >= 15 is 0 Å². The number of benzene rings is 1. The molecule has 102 valence electrons. The first-order chi connectivity index (χ1) is 8.97. The number of rotatable bonds is 5. The number of aliphatic carboxylic acids is 1. The quantitative estimate of drug-likeness (QED) is 0.783. The van der Waals surface area contributed by atoms with E-state index in [1.54, 1.807) is 18.2 Å². The van der Waals surface area contributed by atoms with Crippen molar-refractivity contribution in [1.29, 1.82) is 0 Å². The van der Waals surface area contributed by atoms with Crippen molar-refractivity contribution >= 4 is 18.0 Å². The Morgan fingerprint density at radius 3 is 2.32 bits per heavy atom. The van der Waals surface area contributed by atoms with Gasteiger partial charge in [-0.15, -0.1) is 0 Å². The van der Waals surface area contributed by atoms with Gasteiger partial charge in [-0.25, -0.2) is 4.79 Å². The maximum atomic E-state index is 11.0. The van der Waals surface area contributed by atoms with Crippen LogP contribution >= 0.6 is 0 Å². The van der Waals surface area contributed by atoms with Gasteiger partial charge in [-0.1, -0.05) is 6.07 Å². The van der Waals surface area contributed by atoms with Crippen molar-refractivity contribution in [2.45, 2.75) is 6.92 Å². The molecule has 1 aromatic rings. The largest absolute Gasteiger partial charge is 0.493 e. The van der Waals surface area contributed by atoms with E-state index in [0.29, 0.717) is 17.1 Å². The lowest BCUT2D eigenvalue weighted by atomic mass is 10.1. The molecule has 0 bridgehead atoms. The summed E-state index contributed by atoms with van der Waals surface area (Å²) >= 11 is 0. The van der Waals surface area contributed by atoms with Crippen LogP contribution in [0.15, 0.2) is 23.9 Å². The topological polar surface area (TPSA) is 84.9 Å². The first kappa shape index (κ1) is 14.6. The number of hydrogen-bond donors (Lipinski definition) is 2. The van der Waals surface area contributed by atoms with Crippen LogP contribution < -0.4 is 14.8 Å². The highest BCUT2D eigenvalue weighted by Crippen LogP contribution is 2.28. The molecule has 1 amide bonds. The number of hydrogen-bond acceptors (Lipinski definition) is 4. The molecule has 0 saturated heterocycles. The van der Waals surface area contributed by atoms with Crippen LogP contribution in [-0.4, -0.2) is 31.2 Å². The number of carboxylic acid groups (broad SMARTS) is 1. The summed E-state index contributed by atoms with van der Waals surface area (Å²) in [6.07, 6.45) is 1.34. The highest BCUT2D eigenvalue weighted by atomic mass is 16.5. The number of ether oxygens (including phenoxy) is 2. The second-order valence-corrected chi connectivity index (χ2v) is 3.66. The van der Waals surface area contributed by atoms with Crippen molar-refractivity contribution in [3.8, 4) is 11.5 Å². The van der Waals surface area contributed by atoms with E-state index in [0.717, 1.165) is 0 Å². The number of carboxylic acids is 1. The van der Waals surface area contributed by atoms with Crippen molar-refractivity contribution in [3.05, 3.63) is 29.5 Å². The number of methoxy groups -OCH3 is 2. The maximum absolute atomic E-state index is 11.0. The van der Waals surface area contributed by atoms with E-state index in [1.165, 1.54) is 27.2 Å². The Morgan fingerprint density at radius 2 is 1.84 bits per heavy atom. The minimum atomic E-state index is -1.22. The lowest BCUT2D eigenvalue weighted by Gasteiger charge is -2.08. The third-order valence-electron chi connectivity index (χ3n) is 2.26. The normalized spacial score (nSPS) is 10.8. The predicted octanol–water partition coefficient (Wildman–Crippen LogP) is 1.27. The number of nitrogens with one attached hydrogen (secondary N) is 1. The summed E-state index contributed by atoms with van der Waals surface area (Å²) in [7, 11) is 2.99.